The SMILES string of the molecule is CC(C)Oc1cccc(C=CCCN)c1. The Labute approximate surface area is 91.7 Å². The first-order chi connectivity index (χ1) is 7.22. The summed E-state index contributed by atoms with van der Waals surface area (Å²) in [4.78, 5) is 0. The van der Waals surface area contributed by atoms with E-state index in [1.165, 1.54) is 0 Å². The lowest BCUT2D eigenvalue weighted by Gasteiger charge is -2.09. The van der Waals surface area contributed by atoms with E-state index in [4.69, 9.17) is 10.5 Å². The van der Waals surface area contributed by atoms with E-state index in [1.807, 2.05) is 32.0 Å². The Bertz CT molecular complexity index is 318. The van der Waals surface area contributed by atoms with Crippen molar-refractivity contribution >= 4 is 6.08 Å². The Morgan fingerprint density at radius 1 is 1.40 bits per heavy atom. The number of hydrogen-bond donors (Lipinski definition) is 1. The zero-order chi connectivity index (χ0) is 11.1. The molecule has 1 rings (SSSR count). The van der Waals surface area contributed by atoms with Gasteiger partial charge in [0.25, 0.3) is 0 Å². The number of ether oxygens (including phenoxy) is 1. The molecule has 2 heteroatoms. The van der Waals surface area contributed by atoms with Crippen molar-refractivity contribution in [2.75, 3.05) is 6.54 Å². The van der Waals surface area contributed by atoms with Crippen LogP contribution in [0.2, 0.25) is 0 Å². The van der Waals surface area contributed by atoms with E-state index in [0.29, 0.717) is 6.54 Å². The lowest BCUT2D eigenvalue weighted by Crippen LogP contribution is -2.05. The first-order valence-electron chi connectivity index (χ1n) is 5.35. The highest BCUT2D eigenvalue weighted by Crippen LogP contribution is 2.15. The van der Waals surface area contributed by atoms with Gasteiger partial charge in [-0.05, 0) is 44.5 Å². The summed E-state index contributed by atoms with van der Waals surface area (Å²) in [6.45, 7) is 4.74. The minimum atomic E-state index is 0.216. The molecule has 2 nitrogen and oxygen atoms in total. The minimum Gasteiger partial charge on any atom is -0.491 e. The molecule has 0 spiro atoms. The van der Waals surface area contributed by atoms with Crippen molar-refractivity contribution < 1.29 is 4.74 Å². The second kappa shape index (κ2) is 6.25. The van der Waals surface area contributed by atoms with Gasteiger partial charge in [-0.1, -0.05) is 24.3 Å². The Kier molecular flexibility index (Phi) is 4.91. The van der Waals surface area contributed by atoms with Gasteiger partial charge in [0.15, 0.2) is 0 Å². The van der Waals surface area contributed by atoms with Gasteiger partial charge in [-0.2, -0.15) is 0 Å². The highest BCUT2D eigenvalue weighted by molar-refractivity contribution is 5.51. The second-order valence-corrected chi connectivity index (χ2v) is 3.72. The van der Waals surface area contributed by atoms with Crippen LogP contribution in [0.15, 0.2) is 30.3 Å². The van der Waals surface area contributed by atoms with Gasteiger partial charge in [-0.25, -0.2) is 0 Å². The van der Waals surface area contributed by atoms with Gasteiger partial charge in [0.2, 0.25) is 0 Å². The maximum Gasteiger partial charge on any atom is 0.120 e. The van der Waals surface area contributed by atoms with Crippen molar-refractivity contribution in [3.05, 3.63) is 35.9 Å². The van der Waals surface area contributed by atoms with E-state index in [-0.39, 0.29) is 6.10 Å². The smallest absolute Gasteiger partial charge is 0.120 e. The van der Waals surface area contributed by atoms with Crippen LogP contribution in [0.1, 0.15) is 25.8 Å². The largest absolute Gasteiger partial charge is 0.491 e. The molecule has 82 valence electrons. The molecule has 0 radical (unpaired) electrons. The molecule has 1 aromatic rings. The van der Waals surface area contributed by atoms with E-state index in [1.54, 1.807) is 0 Å². The molecule has 0 aliphatic rings. The molecule has 0 heterocycles. The number of benzene rings is 1. The quantitative estimate of drug-likeness (QED) is 0.802. The lowest BCUT2D eigenvalue weighted by atomic mass is 10.2. The van der Waals surface area contributed by atoms with Gasteiger partial charge in [-0.15, -0.1) is 0 Å². The summed E-state index contributed by atoms with van der Waals surface area (Å²) < 4.78 is 5.60. The van der Waals surface area contributed by atoms with Crippen LogP contribution in [0.5, 0.6) is 5.75 Å². The predicted molar refractivity (Wildman–Crippen MR) is 64.9 cm³/mol. The molecular weight excluding hydrogens is 186 g/mol. The first kappa shape index (κ1) is 11.8. The van der Waals surface area contributed by atoms with E-state index in [9.17, 15) is 0 Å². The fraction of sp³-hybridized carbons (Fsp3) is 0.385. The normalized spacial score (nSPS) is 11.2. The molecule has 0 atom stereocenters. The summed E-state index contributed by atoms with van der Waals surface area (Å²) in [5.41, 5.74) is 6.57. The molecule has 2 N–H and O–H groups in total. The van der Waals surface area contributed by atoms with Crippen LogP contribution in [-0.2, 0) is 0 Å². The van der Waals surface area contributed by atoms with Crippen molar-refractivity contribution in [2.24, 2.45) is 5.73 Å². The van der Waals surface area contributed by atoms with Crippen LogP contribution in [0, 0.1) is 0 Å². The molecule has 0 aliphatic carbocycles. The second-order valence-electron chi connectivity index (χ2n) is 3.72. The van der Waals surface area contributed by atoms with Crippen LogP contribution >= 0.6 is 0 Å². The monoisotopic (exact) mass is 205 g/mol. The average molecular weight is 205 g/mol. The third-order valence-corrected chi connectivity index (χ3v) is 1.87. The standard InChI is InChI=1S/C13H19NO/c1-11(2)15-13-8-5-7-12(10-13)6-3-4-9-14/h3,5-8,10-11H,4,9,14H2,1-2H3. The summed E-state index contributed by atoms with van der Waals surface area (Å²) >= 11 is 0. The van der Waals surface area contributed by atoms with Gasteiger partial charge in [0.1, 0.15) is 5.75 Å². The maximum absolute atomic E-state index is 5.60. The molecule has 0 bridgehead atoms. The molecule has 1 aromatic carbocycles. The molecule has 0 saturated heterocycles. The van der Waals surface area contributed by atoms with E-state index in [0.717, 1.165) is 17.7 Å². The number of hydrogen-bond acceptors (Lipinski definition) is 2. The van der Waals surface area contributed by atoms with Gasteiger partial charge in [0.05, 0.1) is 6.10 Å². The highest BCUT2D eigenvalue weighted by atomic mass is 16.5. The number of nitrogens with two attached hydrogens (primary N) is 1. The fourth-order valence-electron chi connectivity index (χ4n) is 1.28. The first-order valence-corrected chi connectivity index (χ1v) is 5.35. The predicted octanol–water partition coefficient (Wildman–Crippen LogP) is 2.84. The summed E-state index contributed by atoms with van der Waals surface area (Å²) in [5, 5.41) is 0. The van der Waals surface area contributed by atoms with E-state index < -0.39 is 0 Å². The van der Waals surface area contributed by atoms with Crippen LogP contribution in [0.3, 0.4) is 0 Å². The zero-order valence-electron chi connectivity index (χ0n) is 9.44. The molecule has 0 fully saturated rings. The van der Waals surface area contributed by atoms with E-state index in [2.05, 4.69) is 18.2 Å². The number of rotatable bonds is 5. The molecular formula is C13H19NO. The Morgan fingerprint density at radius 2 is 2.20 bits per heavy atom. The Morgan fingerprint density at radius 3 is 2.87 bits per heavy atom. The van der Waals surface area contributed by atoms with Crippen molar-refractivity contribution in [2.45, 2.75) is 26.4 Å². The van der Waals surface area contributed by atoms with Crippen molar-refractivity contribution in [1.29, 1.82) is 0 Å². The zero-order valence-corrected chi connectivity index (χ0v) is 9.44. The van der Waals surface area contributed by atoms with Crippen LogP contribution in [0.25, 0.3) is 6.08 Å². The Balaban J connectivity index is 2.65. The highest BCUT2D eigenvalue weighted by Gasteiger charge is 1.96. The molecule has 0 unspecified atom stereocenters. The molecule has 0 amide bonds. The van der Waals surface area contributed by atoms with Crippen LogP contribution in [-0.4, -0.2) is 12.6 Å². The molecule has 0 aliphatic heterocycles. The van der Waals surface area contributed by atoms with Crippen LogP contribution in [0.4, 0.5) is 0 Å². The van der Waals surface area contributed by atoms with Crippen LogP contribution < -0.4 is 10.5 Å². The summed E-state index contributed by atoms with van der Waals surface area (Å²) in [7, 11) is 0. The average Bonchev–Trinajstić information content (AvgIpc) is 2.18. The van der Waals surface area contributed by atoms with Gasteiger partial charge in [-0.3, -0.25) is 0 Å². The van der Waals surface area contributed by atoms with Crippen molar-refractivity contribution in [1.82, 2.24) is 0 Å². The maximum atomic E-state index is 5.60. The minimum absolute atomic E-state index is 0.216. The third kappa shape index (κ3) is 4.66. The summed E-state index contributed by atoms with van der Waals surface area (Å²) in [5.74, 6) is 0.917. The third-order valence-electron chi connectivity index (χ3n) is 1.87. The molecule has 0 aromatic heterocycles. The van der Waals surface area contributed by atoms with Crippen molar-refractivity contribution in [3.63, 3.8) is 0 Å². The summed E-state index contributed by atoms with van der Waals surface area (Å²) in [6.07, 6.45) is 5.28. The van der Waals surface area contributed by atoms with Gasteiger partial charge < -0.3 is 10.5 Å². The van der Waals surface area contributed by atoms with Gasteiger partial charge >= 0.3 is 0 Å². The van der Waals surface area contributed by atoms with Gasteiger partial charge in [0, 0.05) is 0 Å². The lowest BCUT2D eigenvalue weighted by molar-refractivity contribution is 0.242. The summed E-state index contributed by atoms with van der Waals surface area (Å²) in [6, 6.07) is 8.06. The van der Waals surface area contributed by atoms with Crippen molar-refractivity contribution in [3.8, 4) is 5.75 Å². The topological polar surface area (TPSA) is 35.2 Å². The molecule has 15 heavy (non-hydrogen) atoms. The Hall–Kier alpha value is -1.28. The molecule has 0 saturated carbocycles. The fourth-order valence-corrected chi connectivity index (χ4v) is 1.28. The van der Waals surface area contributed by atoms with E-state index >= 15 is 0 Å².